The van der Waals surface area contributed by atoms with Gasteiger partial charge in [0.1, 0.15) is 0 Å². The Balaban J connectivity index is 2.32. The summed E-state index contributed by atoms with van der Waals surface area (Å²) in [5.41, 5.74) is 3.49. The topological polar surface area (TPSA) is 20.2 Å². The van der Waals surface area contributed by atoms with Gasteiger partial charge in [0.05, 0.1) is 6.10 Å². The second-order valence-corrected chi connectivity index (χ2v) is 4.46. The van der Waals surface area contributed by atoms with Crippen LogP contribution >= 0.6 is 11.6 Å². The number of aliphatic hydroxyl groups is 1. The van der Waals surface area contributed by atoms with Crippen LogP contribution in [0.25, 0.3) is 6.08 Å². The summed E-state index contributed by atoms with van der Waals surface area (Å²) < 4.78 is 0. The molecule has 72 valence electrons. The summed E-state index contributed by atoms with van der Waals surface area (Å²) in [6.07, 6.45) is 5.82. The molecule has 2 aliphatic carbocycles. The summed E-state index contributed by atoms with van der Waals surface area (Å²) >= 11 is 6.10. The molecule has 0 heterocycles. The van der Waals surface area contributed by atoms with Crippen molar-refractivity contribution in [2.45, 2.75) is 24.9 Å². The van der Waals surface area contributed by atoms with Gasteiger partial charge in [-0.2, -0.15) is 0 Å². The molecule has 3 rings (SSSR count). The fourth-order valence-corrected chi connectivity index (χ4v) is 2.94. The van der Waals surface area contributed by atoms with E-state index in [-0.39, 0.29) is 6.10 Å². The summed E-state index contributed by atoms with van der Waals surface area (Å²) in [6.45, 7) is 0. The number of allylic oxidation sites excluding steroid dienone is 1. The van der Waals surface area contributed by atoms with Gasteiger partial charge in [0, 0.05) is 10.6 Å². The lowest BCUT2D eigenvalue weighted by Crippen LogP contribution is -1.99. The smallest absolute Gasteiger partial charge is 0.0813 e. The highest BCUT2D eigenvalue weighted by atomic mass is 35.5. The lowest BCUT2D eigenvalue weighted by Gasteiger charge is -2.16. The van der Waals surface area contributed by atoms with Crippen LogP contribution in [0.5, 0.6) is 0 Å². The van der Waals surface area contributed by atoms with Gasteiger partial charge < -0.3 is 5.11 Å². The Bertz CT molecular complexity index is 423. The number of halogens is 1. The van der Waals surface area contributed by atoms with Crippen LogP contribution in [0.1, 0.15) is 41.6 Å². The average Bonchev–Trinajstić information content (AvgIpc) is 2.51. The molecule has 0 aromatic heterocycles. The molecule has 2 heteroatoms. The fourth-order valence-electron chi connectivity index (χ4n) is 2.64. The quantitative estimate of drug-likeness (QED) is 0.691. The number of hydrogen-bond donors (Lipinski definition) is 1. The predicted molar refractivity (Wildman–Crippen MR) is 57.4 cm³/mol. The molecule has 0 spiro atoms. The normalized spacial score (nSPS) is 27.9. The van der Waals surface area contributed by atoms with Crippen LogP contribution in [-0.2, 0) is 0 Å². The molecule has 14 heavy (non-hydrogen) atoms. The van der Waals surface area contributed by atoms with Gasteiger partial charge in [-0.3, -0.25) is 0 Å². The third-order valence-corrected chi connectivity index (χ3v) is 3.56. The van der Waals surface area contributed by atoms with E-state index in [1.165, 1.54) is 11.1 Å². The average molecular weight is 207 g/mol. The van der Waals surface area contributed by atoms with Crippen LogP contribution in [0.15, 0.2) is 18.2 Å². The highest BCUT2D eigenvalue weighted by Crippen LogP contribution is 2.48. The van der Waals surface area contributed by atoms with Crippen LogP contribution in [0.2, 0.25) is 5.02 Å². The lowest BCUT2D eigenvalue weighted by molar-refractivity contribution is 0.173. The Morgan fingerprint density at radius 2 is 2.14 bits per heavy atom. The van der Waals surface area contributed by atoms with Gasteiger partial charge in [0.25, 0.3) is 0 Å². The highest BCUT2D eigenvalue weighted by molar-refractivity contribution is 6.31. The second kappa shape index (κ2) is 2.85. The molecule has 2 atom stereocenters. The van der Waals surface area contributed by atoms with E-state index >= 15 is 0 Å². The van der Waals surface area contributed by atoms with E-state index in [2.05, 4.69) is 12.2 Å². The monoisotopic (exact) mass is 206 g/mol. The minimum atomic E-state index is -0.359. The van der Waals surface area contributed by atoms with Crippen molar-refractivity contribution in [3.8, 4) is 0 Å². The molecule has 1 N–H and O–H groups in total. The first-order chi connectivity index (χ1) is 6.77. The molecule has 0 saturated heterocycles. The maximum absolute atomic E-state index is 9.90. The molecule has 2 aliphatic rings. The third-order valence-electron chi connectivity index (χ3n) is 3.23. The van der Waals surface area contributed by atoms with Crippen molar-refractivity contribution in [2.75, 3.05) is 0 Å². The van der Waals surface area contributed by atoms with Crippen LogP contribution in [0.3, 0.4) is 0 Å². The molecule has 1 nitrogen and oxygen atoms in total. The first-order valence-electron chi connectivity index (χ1n) is 4.94. The van der Waals surface area contributed by atoms with Crippen LogP contribution in [-0.4, -0.2) is 5.11 Å². The molecule has 0 radical (unpaired) electrons. The van der Waals surface area contributed by atoms with E-state index in [9.17, 15) is 5.11 Å². The summed E-state index contributed by atoms with van der Waals surface area (Å²) in [7, 11) is 0. The molecule has 2 unspecified atom stereocenters. The van der Waals surface area contributed by atoms with E-state index < -0.39 is 0 Å². The molecular weight excluding hydrogens is 196 g/mol. The van der Waals surface area contributed by atoms with Gasteiger partial charge >= 0.3 is 0 Å². The van der Waals surface area contributed by atoms with Crippen molar-refractivity contribution in [1.82, 2.24) is 0 Å². The van der Waals surface area contributed by atoms with Gasteiger partial charge in [0.15, 0.2) is 0 Å². The SMILES string of the molecule is OC1CC2CC=Cc3ccc(Cl)c1c32. The molecule has 0 fully saturated rings. The van der Waals surface area contributed by atoms with Gasteiger partial charge in [-0.15, -0.1) is 0 Å². The van der Waals surface area contributed by atoms with E-state index in [0.717, 1.165) is 18.4 Å². The van der Waals surface area contributed by atoms with Gasteiger partial charge in [-0.1, -0.05) is 29.8 Å². The van der Waals surface area contributed by atoms with E-state index in [1.807, 2.05) is 12.1 Å². The van der Waals surface area contributed by atoms with Crippen molar-refractivity contribution in [3.63, 3.8) is 0 Å². The molecule has 0 amide bonds. The Kier molecular flexibility index (Phi) is 1.73. The second-order valence-electron chi connectivity index (χ2n) is 4.05. The van der Waals surface area contributed by atoms with E-state index in [4.69, 9.17) is 11.6 Å². The zero-order valence-electron chi connectivity index (χ0n) is 7.70. The fraction of sp³-hybridized carbons (Fsp3) is 0.333. The minimum absolute atomic E-state index is 0.359. The minimum Gasteiger partial charge on any atom is -0.388 e. The van der Waals surface area contributed by atoms with Gasteiger partial charge in [-0.05, 0) is 36.0 Å². The van der Waals surface area contributed by atoms with Crippen LogP contribution in [0.4, 0.5) is 0 Å². The first kappa shape index (κ1) is 8.51. The largest absolute Gasteiger partial charge is 0.388 e. The van der Waals surface area contributed by atoms with Crippen LogP contribution < -0.4 is 0 Å². The van der Waals surface area contributed by atoms with E-state index in [0.29, 0.717) is 10.9 Å². The molecule has 0 bridgehead atoms. The van der Waals surface area contributed by atoms with E-state index in [1.54, 1.807) is 0 Å². The van der Waals surface area contributed by atoms with Gasteiger partial charge in [-0.25, -0.2) is 0 Å². The Morgan fingerprint density at radius 3 is 3.00 bits per heavy atom. The summed E-state index contributed by atoms with van der Waals surface area (Å²) in [4.78, 5) is 0. The first-order valence-corrected chi connectivity index (χ1v) is 5.32. The van der Waals surface area contributed by atoms with Crippen molar-refractivity contribution < 1.29 is 5.11 Å². The van der Waals surface area contributed by atoms with Crippen molar-refractivity contribution in [3.05, 3.63) is 39.9 Å². The molecular formula is C12H11ClO. The molecule has 1 aromatic rings. The van der Waals surface area contributed by atoms with Crippen LogP contribution in [0, 0.1) is 0 Å². The number of aliphatic hydroxyl groups excluding tert-OH is 1. The number of benzene rings is 1. The standard InChI is InChI=1S/C12H11ClO/c13-9-5-4-7-2-1-3-8-6-10(14)12(9)11(7)8/h1-2,4-5,8,10,14H,3,6H2. The van der Waals surface area contributed by atoms with Crippen molar-refractivity contribution in [1.29, 1.82) is 0 Å². The molecule has 0 saturated carbocycles. The van der Waals surface area contributed by atoms with Crippen molar-refractivity contribution in [2.24, 2.45) is 0 Å². The Hall–Kier alpha value is -0.790. The summed E-state index contributed by atoms with van der Waals surface area (Å²) in [6, 6.07) is 3.93. The van der Waals surface area contributed by atoms with Crippen molar-refractivity contribution >= 4 is 17.7 Å². The predicted octanol–water partition coefficient (Wildman–Crippen LogP) is 3.28. The number of rotatable bonds is 0. The Morgan fingerprint density at radius 1 is 1.29 bits per heavy atom. The molecule has 1 aromatic carbocycles. The maximum atomic E-state index is 9.90. The zero-order valence-corrected chi connectivity index (χ0v) is 8.46. The zero-order chi connectivity index (χ0) is 9.71. The summed E-state index contributed by atoms with van der Waals surface area (Å²) in [5.74, 6) is 0.485. The highest BCUT2D eigenvalue weighted by Gasteiger charge is 2.33. The lowest BCUT2D eigenvalue weighted by atomic mass is 9.89. The number of hydrogen-bond acceptors (Lipinski definition) is 1. The molecule has 0 aliphatic heterocycles. The Labute approximate surface area is 88.0 Å². The summed E-state index contributed by atoms with van der Waals surface area (Å²) in [5, 5.41) is 10.6. The van der Waals surface area contributed by atoms with Gasteiger partial charge in [0.2, 0.25) is 0 Å². The maximum Gasteiger partial charge on any atom is 0.0813 e. The third kappa shape index (κ3) is 0.999.